The molecule has 0 saturated carbocycles. The number of ether oxygens (including phenoxy) is 3. The molecule has 6 heteroatoms. The molecule has 24 heavy (non-hydrogen) atoms. The van der Waals surface area contributed by atoms with Gasteiger partial charge in [-0.25, -0.2) is 0 Å². The highest BCUT2D eigenvalue weighted by Crippen LogP contribution is 2.13. The SMILES string of the molecule is CC(C)OCCOCc1ccc(OC=CCN(N=O)C(C)C)cc1. The van der Waals surface area contributed by atoms with E-state index in [1.165, 1.54) is 5.01 Å². The molecule has 0 aromatic heterocycles. The van der Waals surface area contributed by atoms with Crippen LogP contribution in [0.5, 0.6) is 5.75 Å². The lowest BCUT2D eigenvalue weighted by molar-refractivity contribution is 0.0143. The van der Waals surface area contributed by atoms with E-state index in [9.17, 15) is 4.91 Å². The van der Waals surface area contributed by atoms with Gasteiger partial charge in [-0.05, 0) is 51.5 Å². The van der Waals surface area contributed by atoms with Crippen LogP contribution >= 0.6 is 0 Å². The highest BCUT2D eigenvalue weighted by atomic mass is 16.5. The fourth-order valence-electron chi connectivity index (χ4n) is 1.81. The number of hydrogen-bond donors (Lipinski definition) is 0. The normalized spacial score (nSPS) is 11.4. The summed E-state index contributed by atoms with van der Waals surface area (Å²) in [5.74, 6) is 0.730. The van der Waals surface area contributed by atoms with Gasteiger partial charge in [0.05, 0.1) is 44.0 Å². The van der Waals surface area contributed by atoms with Crippen LogP contribution in [0.25, 0.3) is 0 Å². The zero-order chi connectivity index (χ0) is 17.8. The molecule has 0 radical (unpaired) electrons. The smallest absolute Gasteiger partial charge is 0.126 e. The Morgan fingerprint density at radius 1 is 1.12 bits per heavy atom. The maximum absolute atomic E-state index is 10.6. The van der Waals surface area contributed by atoms with Crippen LogP contribution in [0.1, 0.15) is 33.3 Å². The van der Waals surface area contributed by atoms with Gasteiger partial charge in [0.15, 0.2) is 0 Å². The third kappa shape index (κ3) is 8.64. The lowest BCUT2D eigenvalue weighted by Gasteiger charge is -2.16. The Kier molecular flexibility index (Phi) is 9.72. The topological polar surface area (TPSA) is 60.4 Å². The Morgan fingerprint density at radius 3 is 2.42 bits per heavy atom. The predicted octanol–water partition coefficient (Wildman–Crippen LogP) is 3.91. The molecule has 0 unspecified atom stereocenters. The summed E-state index contributed by atoms with van der Waals surface area (Å²) in [6.07, 6.45) is 3.55. The molecule has 0 spiro atoms. The largest absolute Gasteiger partial charge is 0.465 e. The Hall–Kier alpha value is -1.92. The van der Waals surface area contributed by atoms with Gasteiger partial charge in [0.25, 0.3) is 0 Å². The molecular weight excluding hydrogens is 308 g/mol. The van der Waals surface area contributed by atoms with Crippen molar-refractivity contribution < 1.29 is 14.2 Å². The minimum atomic E-state index is 0.0670. The molecule has 0 atom stereocenters. The summed E-state index contributed by atoms with van der Waals surface area (Å²) in [4.78, 5) is 10.6. The van der Waals surface area contributed by atoms with Crippen molar-refractivity contribution in [3.05, 3.63) is 47.1 Å². The third-order valence-electron chi connectivity index (χ3n) is 3.16. The highest BCUT2D eigenvalue weighted by molar-refractivity contribution is 5.27. The van der Waals surface area contributed by atoms with Crippen LogP contribution in [0.2, 0.25) is 0 Å². The van der Waals surface area contributed by atoms with E-state index in [1.807, 2.05) is 52.0 Å². The number of benzene rings is 1. The van der Waals surface area contributed by atoms with Crippen molar-refractivity contribution in [1.82, 2.24) is 5.01 Å². The second kappa shape index (κ2) is 11.6. The van der Waals surface area contributed by atoms with Crippen LogP contribution in [-0.2, 0) is 16.1 Å². The van der Waals surface area contributed by atoms with Gasteiger partial charge in [-0.15, -0.1) is 4.91 Å². The van der Waals surface area contributed by atoms with Crippen LogP contribution < -0.4 is 4.74 Å². The van der Waals surface area contributed by atoms with E-state index in [2.05, 4.69) is 5.29 Å². The Labute approximate surface area is 144 Å². The predicted molar refractivity (Wildman–Crippen MR) is 94.6 cm³/mol. The highest BCUT2D eigenvalue weighted by Gasteiger charge is 2.04. The first kappa shape index (κ1) is 20.1. The van der Waals surface area contributed by atoms with E-state index in [1.54, 1.807) is 12.3 Å². The van der Waals surface area contributed by atoms with Crippen LogP contribution in [0.15, 0.2) is 41.9 Å². The lowest BCUT2D eigenvalue weighted by Crippen LogP contribution is -2.24. The van der Waals surface area contributed by atoms with Gasteiger partial charge in [0.2, 0.25) is 0 Å². The second-order valence-electron chi connectivity index (χ2n) is 5.90. The molecule has 134 valence electrons. The standard InChI is InChI=1S/C18H28N2O4/c1-15(2)20(19-21)10-5-11-24-18-8-6-17(7-9-18)14-22-12-13-23-16(3)4/h5-9,11,15-16H,10,12-14H2,1-4H3. The summed E-state index contributed by atoms with van der Waals surface area (Å²) in [5, 5.41) is 4.38. The molecule has 0 aliphatic rings. The molecule has 0 aliphatic carbocycles. The molecule has 0 amide bonds. The first-order valence-corrected chi connectivity index (χ1v) is 8.22. The zero-order valence-electron chi connectivity index (χ0n) is 15.0. The lowest BCUT2D eigenvalue weighted by atomic mass is 10.2. The number of hydrogen-bond acceptors (Lipinski definition) is 5. The Morgan fingerprint density at radius 2 is 1.83 bits per heavy atom. The molecular formula is C18H28N2O4. The van der Waals surface area contributed by atoms with Crippen molar-refractivity contribution >= 4 is 0 Å². The van der Waals surface area contributed by atoms with E-state index in [-0.39, 0.29) is 12.1 Å². The van der Waals surface area contributed by atoms with Crippen molar-refractivity contribution in [2.75, 3.05) is 19.8 Å². The van der Waals surface area contributed by atoms with E-state index < -0.39 is 0 Å². The third-order valence-corrected chi connectivity index (χ3v) is 3.16. The minimum Gasteiger partial charge on any atom is -0.465 e. The molecule has 1 aromatic rings. The molecule has 0 saturated heterocycles. The van der Waals surface area contributed by atoms with Crippen molar-refractivity contribution in [1.29, 1.82) is 0 Å². The summed E-state index contributed by atoms with van der Waals surface area (Å²) in [6.45, 7) is 9.98. The fourth-order valence-corrected chi connectivity index (χ4v) is 1.81. The summed E-state index contributed by atoms with van der Waals surface area (Å²) < 4.78 is 16.4. The molecule has 1 rings (SSSR count). The average Bonchev–Trinajstić information content (AvgIpc) is 2.55. The first-order chi connectivity index (χ1) is 11.5. The Bertz CT molecular complexity index is 486. The maximum atomic E-state index is 10.6. The number of nitroso groups, excluding NO2 is 1. The summed E-state index contributed by atoms with van der Waals surface area (Å²) in [5.41, 5.74) is 1.08. The van der Waals surface area contributed by atoms with Crippen LogP contribution in [0, 0.1) is 4.91 Å². The summed E-state index contributed by atoms with van der Waals surface area (Å²) >= 11 is 0. The molecule has 6 nitrogen and oxygen atoms in total. The van der Waals surface area contributed by atoms with Crippen molar-refractivity contribution in [2.45, 2.75) is 46.4 Å². The van der Waals surface area contributed by atoms with Gasteiger partial charge in [-0.1, -0.05) is 12.1 Å². The van der Waals surface area contributed by atoms with Gasteiger partial charge in [-0.3, -0.25) is 5.01 Å². The quantitative estimate of drug-likeness (QED) is 0.251. The number of rotatable bonds is 12. The van der Waals surface area contributed by atoms with Gasteiger partial charge in [0, 0.05) is 6.04 Å². The second-order valence-corrected chi connectivity index (χ2v) is 5.90. The summed E-state index contributed by atoms with van der Waals surface area (Å²) in [6, 6.07) is 7.75. The van der Waals surface area contributed by atoms with E-state index in [0.717, 1.165) is 11.3 Å². The first-order valence-electron chi connectivity index (χ1n) is 8.22. The van der Waals surface area contributed by atoms with Crippen LogP contribution in [0.4, 0.5) is 0 Å². The molecule has 0 N–H and O–H groups in total. The fraction of sp³-hybridized carbons (Fsp3) is 0.556. The summed E-state index contributed by atoms with van der Waals surface area (Å²) in [7, 11) is 0. The van der Waals surface area contributed by atoms with E-state index in [0.29, 0.717) is 26.4 Å². The average molecular weight is 336 g/mol. The monoisotopic (exact) mass is 336 g/mol. The maximum Gasteiger partial charge on any atom is 0.126 e. The molecule has 1 aromatic carbocycles. The van der Waals surface area contributed by atoms with Crippen molar-refractivity contribution in [3.8, 4) is 5.75 Å². The van der Waals surface area contributed by atoms with Gasteiger partial charge in [-0.2, -0.15) is 0 Å². The van der Waals surface area contributed by atoms with Crippen LogP contribution in [0.3, 0.4) is 0 Å². The zero-order valence-corrected chi connectivity index (χ0v) is 15.0. The number of nitrogens with zero attached hydrogens (tertiary/aromatic N) is 2. The van der Waals surface area contributed by atoms with Gasteiger partial charge >= 0.3 is 0 Å². The van der Waals surface area contributed by atoms with Crippen LogP contribution in [-0.4, -0.2) is 36.9 Å². The van der Waals surface area contributed by atoms with Gasteiger partial charge in [0.1, 0.15) is 5.75 Å². The van der Waals surface area contributed by atoms with Gasteiger partial charge < -0.3 is 14.2 Å². The molecule has 0 heterocycles. The molecule has 0 aliphatic heterocycles. The molecule has 0 fully saturated rings. The Balaban J connectivity index is 2.28. The van der Waals surface area contributed by atoms with Crippen molar-refractivity contribution in [2.24, 2.45) is 5.29 Å². The van der Waals surface area contributed by atoms with E-state index >= 15 is 0 Å². The van der Waals surface area contributed by atoms with E-state index in [4.69, 9.17) is 14.2 Å². The van der Waals surface area contributed by atoms with Crippen molar-refractivity contribution in [3.63, 3.8) is 0 Å². The molecule has 0 bridgehead atoms. The minimum absolute atomic E-state index is 0.0670.